The third kappa shape index (κ3) is 3.80. The van der Waals surface area contributed by atoms with Crippen LogP contribution in [0.15, 0.2) is 18.2 Å². The van der Waals surface area contributed by atoms with Crippen molar-refractivity contribution in [1.82, 2.24) is 5.32 Å². The lowest BCUT2D eigenvalue weighted by molar-refractivity contribution is -0.119. The van der Waals surface area contributed by atoms with E-state index in [1.165, 1.54) is 6.92 Å². The molecule has 0 aromatic heterocycles. The smallest absolute Gasteiger partial charge is 0.223 e. The van der Waals surface area contributed by atoms with E-state index < -0.39 is 6.04 Å². The molecule has 1 aromatic carbocycles. The molecule has 0 aliphatic heterocycles. The van der Waals surface area contributed by atoms with Crippen LogP contribution in [0.5, 0.6) is 5.75 Å². The number of halogens is 1. The molecule has 0 unspecified atom stereocenters. The predicted octanol–water partition coefficient (Wildman–Crippen LogP) is 1.15. The van der Waals surface area contributed by atoms with Crippen molar-refractivity contribution >= 4 is 34.8 Å². The average molecular weight is 332 g/mol. The van der Waals surface area contributed by atoms with E-state index in [1.54, 1.807) is 24.5 Å². The average Bonchev–Trinajstić information content (AvgIpc) is 2.22. The molecule has 0 bridgehead atoms. The summed E-state index contributed by atoms with van der Waals surface area (Å²) in [7, 11) is 0. The van der Waals surface area contributed by atoms with E-state index in [0.29, 0.717) is 9.99 Å². The summed E-state index contributed by atoms with van der Waals surface area (Å²) in [6, 6.07) is 4.40. The molecule has 2 N–H and O–H groups in total. The lowest BCUT2D eigenvalue weighted by Crippen LogP contribution is -2.35. The number of nitrogens with one attached hydrogen (secondary N) is 1. The number of rotatable bonds is 4. The summed E-state index contributed by atoms with van der Waals surface area (Å²) in [6.07, 6.45) is 2.14. The Bertz CT molecular complexity index is 406. The molecule has 1 aromatic rings. The summed E-state index contributed by atoms with van der Waals surface area (Å²) in [6.45, 7) is 1.35. The van der Waals surface area contributed by atoms with Crippen molar-refractivity contribution in [3.8, 4) is 5.75 Å². The molecule has 1 atom stereocenters. The summed E-state index contributed by atoms with van der Waals surface area (Å²) in [4.78, 5) is 21.4. The molecular formula is C11H11INO3. The maximum absolute atomic E-state index is 10.8. The second-order valence-electron chi connectivity index (χ2n) is 3.36. The molecular weight excluding hydrogens is 321 g/mol. The molecule has 0 saturated heterocycles. The zero-order valence-electron chi connectivity index (χ0n) is 8.66. The number of hydrogen-bond acceptors (Lipinski definition) is 3. The van der Waals surface area contributed by atoms with Crippen molar-refractivity contribution in [2.75, 3.05) is 0 Å². The Kier molecular flexibility index (Phi) is 4.72. The zero-order valence-corrected chi connectivity index (χ0v) is 10.8. The first-order valence-corrected chi connectivity index (χ1v) is 5.73. The Morgan fingerprint density at radius 3 is 2.81 bits per heavy atom. The van der Waals surface area contributed by atoms with Crippen LogP contribution < -0.4 is 5.32 Å². The fraction of sp³-hybridized carbons (Fsp3) is 0.273. The molecule has 1 rings (SSSR count). The topological polar surface area (TPSA) is 66.4 Å². The highest BCUT2D eigenvalue weighted by molar-refractivity contribution is 14.1. The minimum Gasteiger partial charge on any atom is -0.507 e. The van der Waals surface area contributed by atoms with Gasteiger partial charge in [0.05, 0.1) is 9.61 Å². The van der Waals surface area contributed by atoms with Crippen LogP contribution in [-0.4, -0.2) is 23.3 Å². The van der Waals surface area contributed by atoms with Gasteiger partial charge in [0.1, 0.15) is 5.75 Å². The lowest BCUT2D eigenvalue weighted by Gasteiger charge is -2.10. The number of phenolic OH excluding ortho intramolecular Hbond substituents is 1. The summed E-state index contributed by atoms with van der Waals surface area (Å²) in [5.74, 6) is -0.0580. The minimum atomic E-state index is -0.641. The van der Waals surface area contributed by atoms with Crippen LogP contribution in [0.3, 0.4) is 0 Å². The maximum Gasteiger partial charge on any atom is 0.223 e. The molecule has 1 amide bonds. The predicted molar refractivity (Wildman–Crippen MR) is 67.8 cm³/mol. The van der Waals surface area contributed by atoms with Gasteiger partial charge in [-0.1, -0.05) is 6.07 Å². The van der Waals surface area contributed by atoms with E-state index in [9.17, 15) is 14.7 Å². The SMILES string of the molecule is CC(=O)N[C@H]([C]=O)Cc1ccc(O)c(I)c1. The number of carbonyl (C=O) groups excluding carboxylic acids is 2. The van der Waals surface area contributed by atoms with E-state index in [2.05, 4.69) is 5.32 Å². The molecule has 1 radical (unpaired) electrons. The van der Waals surface area contributed by atoms with Gasteiger partial charge in [-0.2, -0.15) is 0 Å². The number of aromatic hydroxyl groups is 1. The number of hydrogen-bond donors (Lipinski definition) is 2. The third-order valence-electron chi connectivity index (χ3n) is 1.97. The lowest BCUT2D eigenvalue weighted by atomic mass is 10.1. The Morgan fingerprint density at radius 1 is 1.62 bits per heavy atom. The molecule has 85 valence electrons. The molecule has 4 nitrogen and oxygen atoms in total. The van der Waals surface area contributed by atoms with Crippen molar-refractivity contribution < 1.29 is 14.7 Å². The summed E-state index contributed by atoms with van der Waals surface area (Å²) < 4.78 is 0.711. The van der Waals surface area contributed by atoms with Gasteiger partial charge in [0.25, 0.3) is 0 Å². The summed E-state index contributed by atoms with van der Waals surface area (Å²) in [5, 5.41) is 11.8. The second kappa shape index (κ2) is 5.83. The van der Waals surface area contributed by atoms with Crippen LogP contribution in [-0.2, 0) is 16.0 Å². The molecule has 0 aliphatic rings. The van der Waals surface area contributed by atoms with Crippen LogP contribution in [0.4, 0.5) is 0 Å². The van der Waals surface area contributed by atoms with E-state index in [4.69, 9.17) is 0 Å². The third-order valence-corrected chi connectivity index (χ3v) is 2.84. The Labute approximate surface area is 107 Å². The number of benzene rings is 1. The fourth-order valence-electron chi connectivity index (χ4n) is 1.28. The highest BCUT2D eigenvalue weighted by Crippen LogP contribution is 2.20. The molecule has 0 fully saturated rings. The molecule has 0 saturated carbocycles. The van der Waals surface area contributed by atoms with Crippen molar-refractivity contribution in [1.29, 1.82) is 0 Å². The quantitative estimate of drug-likeness (QED) is 0.813. The summed E-state index contributed by atoms with van der Waals surface area (Å²) in [5.41, 5.74) is 0.865. The number of phenols is 1. The van der Waals surface area contributed by atoms with E-state index in [0.717, 1.165) is 5.56 Å². The molecule has 0 spiro atoms. The molecule has 5 heteroatoms. The number of amides is 1. The first kappa shape index (κ1) is 13.0. The van der Waals surface area contributed by atoms with Crippen molar-refractivity contribution in [3.05, 3.63) is 27.3 Å². The highest BCUT2D eigenvalue weighted by Gasteiger charge is 2.11. The Balaban J connectivity index is 2.74. The van der Waals surface area contributed by atoms with E-state index in [-0.39, 0.29) is 11.7 Å². The van der Waals surface area contributed by atoms with Gasteiger partial charge in [0, 0.05) is 13.3 Å². The van der Waals surface area contributed by atoms with Crippen LogP contribution in [0, 0.1) is 3.57 Å². The van der Waals surface area contributed by atoms with Gasteiger partial charge in [0.15, 0.2) is 0 Å². The van der Waals surface area contributed by atoms with E-state index >= 15 is 0 Å². The van der Waals surface area contributed by atoms with Gasteiger partial charge in [0.2, 0.25) is 12.2 Å². The van der Waals surface area contributed by atoms with Gasteiger partial charge in [-0.25, -0.2) is 0 Å². The maximum atomic E-state index is 10.8. The first-order valence-electron chi connectivity index (χ1n) is 4.65. The molecule has 16 heavy (non-hydrogen) atoms. The highest BCUT2D eigenvalue weighted by atomic mass is 127. The normalized spacial score (nSPS) is 11.9. The summed E-state index contributed by atoms with van der Waals surface area (Å²) >= 11 is 2.00. The molecule has 0 aliphatic carbocycles. The van der Waals surface area contributed by atoms with Crippen molar-refractivity contribution in [2.24, 2.45) is 0 Å². The van der Waals surface area contributed by atoms with Gasteiger partial charge >= 0.3 is 0 Å². The van der Waals surface area contributed by atoms with Gasteiger partial charge in [-0.3, -0.25) is 9.59 Å². The van der Waals surface area contributed by atoms with Crippen LogP contribution in [0.1, 0.15) is 12.5 Å². The standard InChI is InChI=1S/C11H11INO3/c1-7(15)13-9(6-14)4-8-2-3-11(16)10(12)5-8/h2-3,5,9,16H,4H2,1H3,(H,13,15)/t9-/m0/s1. The zero-order chi connectivity index (χ0) is 12.1. The van der Waals surface area contributed by atoms with Crippen LogP contribution >= 0.6 is 22.6 Å². The largest absolute Gasteiger partial charge is 0.507 e. The van der Waals surface area contributed by atoms with Crippen LogP contribution in [0.2, 0.25) is 0 Å². The van der Waals surface area contributed by atoms with E-state index in [1.807, 2.05) is 22.6 Å². The Hall–Kier alpha value is -1.11. The van der Waals surface area contributed by atoms with Gasteiger partial charge in [-0.15, -0.1) is 0 Å². The molecule has 0 heterocycles. The Morgan fingerprint density at radius 2 is 2.31 bits per heavy atom. The van der Waals surface area contributed by atoms with Crippen LogP contribution in [0.25, 0.3) is 0 Å². The minimum absolute atomic E-state index is 0.204. The first-order chi connectivity index (χ1) is 7.52. The van der Waals surface area contributed by atoms with Crippen molar-refractivity contribution in [3.63, 3.8) is 0 Å². The monoisotopic (exact) mass is 332 g/mol. The van der Waals surface area contributed by atoms with Crippen molar-refractivity contribution in [2.45, 2.75) is 19.4 Å². The fourth-order valence-corrected chi connectivity index (χ4v) is 1.86. The van der Waals surface area contributed by atoms with Gasteiger partial charge < -0.3 is 10.4 Å². The second-order valence-corrected chi connectivity index (χ2v) is 4.52. The van der Waals surface area contributed by atoms with Gasteiger partial charge in [-0.05, 0) is 40.3 Å². The number of carbonyl (C=O) groups is 1.